The maximum Gasteiger partial charge on any atom is 0.291 e. The van der Waals surface area contributed by atoms with Crippen LogP contribution < -0.4 is 14.9 Å². The summed E-state index contributed by atoms with van der Waals surface area (Å²) in [5.41, 5.74) is 5.06. The second-order valence-electron chi connectivity index (χ2n) is 6.62. The Labute approximate surface area is 147 Å². The van der Waals surface area contributed by atoms with Crippen molar-refractivity contribution >= 4 is 11.6 Å². The van der Waals surface area contributed by atoms with Gasteiger partial charge in [0.2, 0.25) is 0 Å². The van der Waals surface area contributed by atoms with Crippen molar-refractivity contribution in [3.63, 3.8) is 0 Å². The first-order valence-electron chi connectivity index (χ1n) is 7.89. The van der Waals surface area contributed by atoms with Crippen molar-refractivity contribution < 1.29 is 14.3 Å². The van der Waals surface area contributed by atoms with E-state index in [0.717, 1.165) is 11.3 Å². The van der Waals surface area contributed by atoms with Crippen LogP contribution in [-0.2, 0) is 5.41 Å². The predicted octanol–water partition coefficient (Wildman–Crippen LogP) is 2.88. The number of nitrogens with one attached hydrogen (secondary N) is 2. The monoisotopic (exact) mass is 344 g/mol. The molecule has 1 aromatic heterocycles. The molecule has 1 aromatic carbocycles. The van der Waals surface area contributed by atoms with Gasteiger partial charge in [0.05, 0.1) is 19.9 Å². The number of H-pyrrole nitrogens is 1. The smallest absolute Gasteiger partial charge is 0.291 e. The molecule has 1 heterocycles. The van der Waals surface area contributed by atoms with Gasteiger partial charge in [-0.15, -0.1) is 0 Å². The molecular formula is C18H24N4O3. The Kier molecular flexibility index (Phi) is 5.46. The minimum absolute atomic E-state index is 0.107. The van der Waals surface area contributed by atoms with Crippen molar-refractivity contribution in [1.82, 2.24) is 15.6 Å². The van der Waals surface area contributed by atoms with E-state index < -0.39 is 0 Å². The van der Waals surface area contributed by atoms with Crippen molar-refractivity contribution in [1.29, 1.82) is 0 Å². The summed E-state index contributed by atoms with van der Waals surface area (Å²) in [7, 11) is 3.15. The van der Waals surface area contributed by atoms with E-state index in [0.29, 0.717) is 22.9 Å². The van der Waals surface area contributed by atoms with Gasteiger partial charge in [-0.3, -0.25) is 9.89 Å². The summed E-state index contributed by atoms with van der Waals surface area (Å²) < 4.78 is 10.5. The number of ether oxygens (including phenoxy) is 2. The highest BCUT2D eigenvalue weighted by Crippen LogP contribution is 2.27. The number of carbonyl (C=O) groups is 1. The maximum absolute atomic E-state index is 12.2. The van der Waals surface area contributed by atoms with Crippen molar-refractivity contribution in [3.05, 3.63) is 41.2 Å². The van der Waals surface area contributed by atoms with Crippen LogP contribution in [0.5, 0.6) is 11.5 Å². The van der Waals surface area contributed by atoms with Gasteiger partial charge >= 0.3 is 0 Å². The molecular weight excluding hydrogens is 320 g/mol. The fraction of sp³-hybridized carbons (Fsp3) is 0.389. The van der Waals surface area contributed by atoms with Gasteiger partial charge in [-0.05, 0) is 31.2 Å². The van der Waals surface area contributed by atoms with Gasteiger partial charge in [-0.2, -0.15) is 10.2 Å². The van der Waals surface area contributed by atoms with E-state index in [-0.39, 0.29) is 11.3 Å². The number of carbonyl (C=O) groups excluding carboxylic acids is 1. The summed E-state index contributed by atoms with van der Waals surface area (Å²) in [4.78, 5) is 12.2. The fourth-order valence-electron chi connectivity index (χ4n) is 2.14. The average Bonchev–Trinajstić information content (AvgIpc) is 3.09. The van der Waals surface area contributed by atoms with Crippen LogP contribution in [0.4, 0.5) is 0 Å². The zero-order valence-corrected chi connectivity index (χ0v) is 15.4. The molecule has 2 N–H and O–H groups in total. The Morgan fingerprint density at radius 1 is 1.16 bits per heavy atom. The van der Waals surface area contributed by atoms with Gasteiger partial charge in [0, 0.05) is 16.7 Å². The number of aromatic amines is 1. The van der Waals surface area contributed by atoms with E-state index in [4.69, 9.17) is 9.47 Å². The Bertz CT molecular complexity index is 788. The quantitative estimate of drug-likeness (QED) is 0.645. The standard InChI is InChI=1S/C18H24N4O3/c1-11(12-7-8-14(24-5)15(9-12)25-6)19-22-17(23)13-10-16(21-20-13)18(2,3)4/h7-10H,1-6H3,(H,20,21)(H,22,23)/b19-11+. The Morgan fingerprint density at radius 2 is 1.84 bits per heavy atom. The van der Waals surface area contributed by atoms with Crippen molar-refractivity contribution in [3.8, 4) is 11.5 Å². The van der Waals surface area contributed by atoms with Crippen LogP contribution in [0.1, 0.15) is 49.4 Å². The molecule has 2 aromatic rings. The SMILES string of the molecule is COc1ccc(/C(C)=N/NC(=O)c2cc(C(C)(C)C)[nH]n2)cc1OC. The molecule has 134 valence electrons. The normalized spacial score (nSPS) is 12.0. The molecule has 7 heteroatoms. The van der Waals surface area contributed by atoms with Crippen LogP contribution in [0.25, 0.3) is 0 Å². The third kappa shape index (κ3) is 4.37. The molecule has 25 heavy (non-hydrogen) atoms. The summed E-state index contributed by atoms with van der Waals surface area (Å²) in [5, 5.41) is 11.1. The molecule has 0 bridgehead atoms. The van der Waals surface area contributed by atoms with Gasteiger partial charge in [-0.1, -0.05) is 20.8 Å². The lowest BCUT2D eigenvalue weighted by molar-refractivity contribution is 0.0950. The van der Waals surface area contributed by atoms with Crippen LogP contribution >= 0.6 is 0 Å². The molecule has 0 atom stereocenters. The summed E-state index contributed by atoms with van der Waals surface area (Å²) in [6, 6.07) is 7.17. The zero-order valence-electron chi connectivity index (χ0n) is 15.4. The lowest BCUT2D eigenvalue weighted by Crippen LogP contribution is -2.19. The highest BCUT2D eigenvalue weighted by Gasteiger charge is 2.19. The number of rotatable bonds is 5. The molecule has 0 radical (unpaired) electrons. The summed E-state index contributed by atoms with van der Waals surface area (Å²) in [5.74, 6) is 0.865. The molecule has 2 rings (SSSR count). The molecule has 0 aliphatic rings. The summed E-state index contributed by atoms with van der Waals surface area (Å²) in [6.07, 6.45) is 0. The third-order valence-corrected chi connectivity index (χ3v) is 3.74. The molecule has 0 fully saturated rings. The first-order chi connectivity index (χ1) is 11.8. The number of benzene rings is 1. The number of aromatic nitrogens is 2. The predicted molar refractivity (Wildman–Crippen MR) is 96.5 cm³/mol. The molecule has 1 amide bonds. The Balaban J connectivity index is 2.13. The van der Waals surface area contributed by atoms with Crippen molar-refractivity contribution in [2.24, 2.45) is 5.10 Å². The zero-order chi connectivity index (χ0) is 18.6. The second-order valence-corrected chi connectivity index (χ2v) is 6.62. The summed E-state index contributed by atoms with van der Waals surface area (Å²) in [6.45, 7) is 7.93. The maximum atomic E-state index is 12.2. The van der Waals surface area contributed by atoms with E-state index >= 15 is 0 Å². The van der Waals surface area contributed by atoms with Crippen molar-refractivity contribution in [2.75, 3.05) is 14.2 Å². The lowest BCUT2D eigenvalue weighted by atomic mass is 9.92. The Morgan fingerprint density at radius 3 is 2.40 bits per heavy atom. The first kappa shape index (κ1) is 18.5. The van der Waals surface area contributed by atoms with Gasteiger partial charge in [0.1, 0.15) is 0 Å². The van der Waals surface area contributed by atoms with E-state index in [2.05, 4.69) is 20.7 Å². The van der Waals surface area contributed by atoms with E-state index in [9.17, 15) is 4.79 Å². The van der Waals surface area contributed by atoms with E-state index in [1.54, 1.807) is 39.3 Å². The number of amides is 1. The van der Waals surface area contributed by atoms with Gasteiger partial charge in [0.15, 0.2) is 17.2 Å². The average molecular weight is 344 g/mol. The second kappa shape index (κ2) is 7.38. The van der Waals surface area contributed by atoms with Crippen molar-refractivity contribution in [2.45, 2.75) is 33.1 Å². The Hall–Kier alpha value is -2.83. The molecule has 0 saturated carbocycles. The van der Waals surface area contributed by atoms with Crippen LogP contribution in [0.15, 0.2) is 29.4 Å². The van der Waals surface area contributed by atoms with Gasteiger partial charge in [-0.25, -0.2) is 5.43 Å². The highest BCUT2D eigenvalue weighted by atomic mass is 16.5. The number of hydrazone groups is 1. The van der Waals surface area contributed by atoms with E-state index in [1.165, 1.54) is 0 Å². The largest absolute Gasteiger partial charge is 0.493 e. The molecule has 0 aliphatic heterocycles. The summed E-state index contributed by atoms with van der Waals surface area (Å²) >= 11 is 0. The van der Waals surface area contributed by atoms with E-state index in [1.807, 2.05) is 26.8 Å². The topological polar surface area (TPSA) is 88.6 Å². The van der Waals surface area contributed by atoms with Crippen LogP contribution in [0.2, 0.25) is 0 Å². The number of nitrogens with zero attached hydrogens (tertiary/aromatic N) is 2. The third-order valence-electron chi connectivity index (χ3n) is 3.74. The minimum atomic E-state index is -0.369. The van der Waals surface area contributed by atoms with Crippen LogP contribution in [0, 0.1) is 0 Å². The minimum Gasteiger partial charge on any atom is -0.493 e. The molecule has 0 aliphatic carbocycles. The number of hydrogen-bond acceptors (Lipinski definition) is 5. The molecule has 0 saturated heterocycles. The number of hydrogen-bond donors (Lipinski definition) is 2. The number of methoxy groups -OCH3 is 2. The van der Waals surface area contributed by atoms with Gasteiger partial charge in [0.25, 0.3) is 5.91 Å². The van der Waals surface area contributed by atoms with Crippen LogP contribution in [-0.4, -0.2) is 36.0 Å². The highest BCUT2D eigenvalue weighted by molar-refractivity contribution is 6.00. The molecule has 0 unspecified atom stereocenters. The van der Waals surface area contributed by atoms with Gasteiger partial charge < -0.3 is 9.47 Å². The first-order valence-corrected chi connectivity index (χ1v) is 7.89. The van der Waals surface area contributed by atoms with Crippen LogP contribution in [0.3, 0.4) is 0 Å². The fourth-order valence-corrected chi connectivity index (χ4v) is 2.14. The molecule has 0 spiro atoms. The molecule has 7 nitrogen and oxygen atoms in total. The lowest BCUT2D eigenvalue weighted by Gasteiger charge is -2.14.